The first-order valence-electron chi connectivity index (χ1n) is 5.88. The van der Waals surface area contributed by atoms with Crippen LogP contribution in [0.4, 0.5) is 4.39 Å². The molecule has 104 valence electrons. The molecule has 0 radical (unpaired) electrons. The van der Waals surface area contributed by atoms with Gasteiger partial charge in [-0.15, -0.1) is 0 Å². The van der Waals surface area contributed by atoms with Crippen LogP contribution in [0.3, 0.4) is 0 Å². The van der Waals surface area contributed by atoms with Crippen LogP contribution in [0.5, 0.6) is 0 Å². The fourth-order valence-corrected chi connectivity index (χ4v) is 3.23. The summed E-state index contributed by atoms with van der Waals surface area (Å²) in [5, 5.41) is 0. The number of benzene rings is 1. The van der Waals surface area contributed by atoms with E-state index in [4.69, 9.17) is 18.0 Å². The summed E-state index contributed by atoms with van der Waals surface area (Å²) in [6.07, 6.45) is 2.11. The average molecular weight is 302 g/mol. The standard InChI is InChI=1S/C12H15FN2O2S2/c1-15(7-8-2-3-8)19(16,17)9-4-5-11(13)10(6-9)12(14)18/h4-6,8H,2-3,7H2,1H3,(H2,14,18). The van der Waals surface area contributed by atoms with Crippen molar-refractivity contribution in [3.05, 3.63) is 29.6 Å². The minimum absolute atomic E-state index is 0.0138. The Hall–Kier alpha value is -1.05. The molecule has 2 rings (SSSR count). The molecule has 0 atom stereocenters. The molecule has 0 amide bonds. The number of thiocarbonyl (C=S) groups is 1. The molecule has 1 saturated carbocycles. The van der Waals surface area contributed by atoms with Gasteiger partial charge in [-0.05, 0) is 37.0 Å². The van der Waals surface area contributed by atoms with Crippen molar-refractivity contribution in [2.45, 2.75) is 17.7 Å². The Kier molecular flexibility index (Phi) is 3.89. The smallest absolute Gasteiger partial charge is 0.242 e. The number of nitrogens with two attached hydrogens (primary N) is 1. The largest absolute Gasteiger partial charge is 0.389 e. The first-order chi connectivity index (χ1) is 8.82. The lowest BCUT2D eigenvalue weighted by molar-refractivity contribution is 0.452. The van der Waals surface area contributed by atoms with Gasteiger partial charge in [0.1, 0.15) is 10.8 Å². The maximum Gasteiger partial charge on any atom is 0.242 e. The van der Waals surface area contributed by atoms with E-state index in [0.29, 0.717) is 12.5 Å². The van der Waals surface area contributed by atoms with Crippen molar-refractivity contribution in [3.8, 4) is 0 Å². The lowest BCUT2D eigenvalue weighted by Gasteiger charge is -2.17. The predicted molar refractivity (Wildman–Crippen MR) is 74.8 cm³/mol. The lowest BCUT2D eigenvalue weighted by atomic mass is 10.2. The minimum Gasteiger partial charge on any atom is -0.389 e. The van der Waals surface area contributed by atoms with E-state index >= 15 is 0 Å². The second kappa shape index (κ2) is 5.15. The number of nitrogens with zero attached hydrogens (tertiary/aromatic N) is 1. The number of halogens is 1. The maximum absolute atomic E-state index is 13.5. The lowest BCUT2D eigenvalue weighted by Crippen LogP contribution is -2.29. The zero-order chi connectivity index (χ0) is 14.2. The van der Waals surface area contributed by atoms with Gasteiger partial charge in [0.25, 0.3) is 0 Å². The zero-order valence-corrected chi connectivity index (χ0v) is 12.1. The highest BCUT2D eigenvalue weighted by Gasteiger charge is 2.29. The molecule has 1 fully saturated rings. The van der Waals surface area contributed by atoms with E-state index in [1.54, 1.807) is 0 Å². The highest BCUT2D eigenvalue weighted by Crippen LogP contribution is 2.31. The molecule has 1 aliphatic carbocycles. The topological polar surface area (TPSA) is 63.4 Å². The van der Waals surface area contributed by atoms with Gasteiger partial charge >= 0.3 is 0 Å². The Bertz CT molecular complexity index is 612. The van der Waals surface area contributed by atoms with Gasteiger partial charge in [0.15, 0.2) is 0 Å². The number of rotatable bonds is 5. The van der Waals surface area contributed by atoms with Crippen LogP contribution in [-0.4, -0.2) is 31.3 Å². The highest BCUT2D eigenvalue weighted by atomic mass is 32.2. The van der Waals surface area contributed by atoms with E-state index < -0.39 is 15.8 Å². The molecular formula is C12H15FN2O2S2. The van der Waals surface area contributed by atoms with Crippen LogP contribution in [0.2, 0.25) is 0 Å². The van der Waals surface area contributed by atoms with Gasteiger partial charge in [0, 0.05) is 19.2 Å². The fraction of sp³-hybridized carbons (Fsp3) is 0.417. The average Bonchev–Trinajstić information content (AvgIpc) is 3.12. The molecule has 0 heterocycles. The summed E-state index contributed by atoms with van der Waals surface area (Å²) in [7, 11) is -2.09. The first-order valence-corrected chi connectivity index (χ1v) is 7.73. The van der Waals surface area contributed by atoms with Gasteiger partial charge in [-0.25, -0.2) is 17.1 Å². The minimum atomic E-state index is -3.62. The molecule has 4 nitrogen and oxygen atoms in total. The summed E-state index contributed by atoms with van der Waals surface area (Å²) in [6.45, 7) is 0.488. The quantitative estimate of drug-likeness (QED) is 0.837. The molecule has 1 aliphatic rings. The fourth-order valence-electron chi connectivity index (χ4n) is 1.80. The second-order valence-electron chi connectivity index (χ2n) is 4.73. The number of sulfonamides is 1. The van der Waals surface area contributed by atoms with Crippen molar-refractivity contribution >= 4 is 27.2 Å². The molecular weight excluding hydrogens is 287 g/mol. The van der Waals surface area contributed by atoms with Crippen molar-refractivity contribution < 1.29 is 12.8 Å². The van der Waals surface area contributed by atoms with E-state index in [0.717, 1.165) is 18.9 Å². The van der Waals surface area contributed by atoms with Crippen LogP contribution < -0.4 is 5.73 Å². The summed E-state index contributed by atoms with van der Waals surface area (Å²) in [4.78, 5) is -0.140. The van der Waals surface area contributed by atoms with Crippen LogP contribution in [0.15, 0.2) is 23.1 Å². The van der Waals surface area contributed by atoms with Crippen LogP contribution >= 0.6 is 12.2 Å². The van der Waals surface area contributed by atoms with Gasteiger partial charge in [0.05, 0.1) is 4.90 Å². The third kappa shape index (κ3) is 3.10. The molecule has 1 aromatic rings. The van der Waals surface area contributed by atoms with Crippen LogP contribution in [-0.2, 0) is 10.0 Å². The molecule has 0 spiro atoms. The maximum atomic E-state index is 13.5. The van der Waals surface area contributed by atoms with E-state index in [2.05, 4.69) is 0 Å². The van der Waals surface area contributed by atoms with Gasteiger partial charge in [0.2, 0.25) is 10.0 Å². The van der Waals surface area contributed by atoms with Crippen molar-refractivity contribution in [3.63, 3.8) is 0 Å². The monoisotopic (exact) mass is 302 g/mol. The highest BCUT2D eigenvalue weighted by molar-refractivity contribution is 7.89. The van der Waals surface area contributed by atoms with E-state index in [9.17, 15) is 12.8 Å². The van der Waals surface area contributed by atoms with Crippen LogP contribution in [0, 0.1) is 11.7 Å². The molecule has 0 saturated heterocycles. The Morgan fingerprint density at radius 1 is 1.53 bits per heavy atom. The van der Waals surface area contributed by atoms with Crippen molar-refractivity contribution in [1.82, 2.24) is 4.31 Å². The van der Waals surface area contributed by atoms with E-state index in [-0.39, 0.29) is 15.4 Å². The Morgan fingerprint density at radius 3 is 2.68 bits per heavy atom. The molecule has 0 bridgehead atoms. The molecule has 0 aromatic heterocycles. The van der Waals surface area contributed by atoms with Crippen molar-refractivity contribution in [2.75, 3.05) is 13.6 Å². The van der Waals surface area contributed by atoms with Crippen LogP contribution in [0.25, 0.3) is 0 Å². The van der Waals surface area contributed by atoms with Gasteiger partial charge in [-0.3, -0.25) is 0 Å². The van der Waals surface area contributed by atoms with E-state index in [1.807, 2.05) is 0 Å². The van der Waals surface area contributed by atoms with Gasteiger partial charge < -0.3 is 5.73 Å². The third-order valence-corrected chi connectivity index (χ3v) is 5.16. The Balaban J connectivity index is 2.34. The summed E-state index contributed by atoms with van der Waals surface area (Å²) < 4.78 is 39.3. The summed E-state index contributed by atoms with van der Waals surface area (Å²) in [5.41, 5.74) is 5.33. The Labute approximate surface area is 117 Å². The molecule has 7 heteroatoms. The second-order valence-corrected chi connectivity index (χ2v) is 7.22. The summed E-state index contributed by atoms with van der Waals surface area (Å²) >= 11 is 4.71. The third-order valence-electron chi connectivity index (χ3n) is 3.12. The first kappa shape index (κ1) is 14.4. The number of hydrogen-bond acceptors (Lipinski definition) is 3. The molecule has 1 aromatic carbocycles. The van der Waals surface area contributed by atoms with Crippen LogP contribution in [0.1, 0.15) is 18.4 Å². The summed E-state index contributed by atoms with van der Waals surface area (Å²) in [6, 6.07) is 3.50. The molecule has 0 aliphatic heterocycles. The van der Waals surface area contributed by atoms with Crippen molar-refractivity contribution in [2.24, 2.45) is 11.7 Å². The summed E-state index contributed by atoms with van der Waals surface area (Å²) in [5.74, 6) is -0.174. The Morgan fingerprint density at radius 2 is 2.16 bits per heavy atom. The van der Waals surface area contributed by atoms with Gasteiger partial charge in [-0.2, -0.15) is 0 Å². The molecule has 19 heavy (non-hydrogen) atoms. The normalized spacial score (nSPS) is 15.7. The molecule has 2 N–H and O–H groups in total. The van der Waals surface area contributed by atoms with Gasteiger partial charge in [-0.1, -0.05) is 12.2 Å². The van der Waals surface area contributed by atoms with Crippen molar-refractivity contribution in [1.29, 1.82) is 0 Å². The predicted octanol–water partition coefficient (Wildman–Crippen LogP) is 1.49. The SMILES string of the molecule is CN(CC1CC1)S(=O)(=O)c1ccc(F)c(C(N)=S)c1. The van der Waals surface area contributed by atoms with E-state index in [1.165, 1.54) is 23.5 Å². The zero-order valence-electron chi connectivity index (χ0n) is 10.5. The number of hydrogen-bond donors (Lipinski definition) is 1. The molecule has 0 unspecified atom stereocenters.